The molecule has 6 heteroatoms. The molecule has 39 heavy (non-hydrogen) atoms. The smallest absolute Gasteiger partial charge is 0.132 e. The van der Waals surface area contributed by atoms with Crippen LogP contribution in [0.5, 0.6) is 0 Å². The molecule has 0 radical (unpaired) electrons. The standard InChI is InChI=1S/C33H27ClN4O/c34-29-17-10-20-37(22-29)31-19-18-25(21-35-31)32(39)30-23-38(24-36-30)33(26-11-4-1-5-12-26,27-13-6-2-7-14-27)28-15-8-3-9-16-28/h1-19,21-24,32,39H,20H2. The Bertz CT molecular complexity index is 1500. The Morgan fingerprint density at radius 2 is 1.36 bits per heavy atom. The van der Waals surface area contributed by atoms with E-state index in [1.807, 2.05) is 59.8 Å². The van der Waals surface area contributed by atoms with E-state index < -0.39 is 11.6 Å². The van der Waals surface area contributed by atoms with Crippen molar-refractivity contribution < 1.29 is 5.11 Å². The molecule has 0 bridgehead atoms. The first-order valence-corrected chi connectivity index (χ1v) is 13.2. The van der Waals surface area contributed by atoms with Crippen molar-refractivity contribution in [1.29, 1.82) is 0 Å². The highest BCUT2D eigenvalue weighted by molar-refractivity contribution is 6.31. The second-order valence-electron chi connectivity index (χ2n) is 9.44. The second kappa shape index (κ2) is 10.7. The first kappa shape index (κ1) is 24.9. The highest BCUT2D eigenvalue weighted by atomic mass is 35.5. The van der Waals surface area contributed by atoms with Gasteiger partial charge in [0.2, 0.25) is 0 Å². The third-order valence-corrected chi connectivity index (χ3v) is 7.31. The van der Waals surface area contributed by atoms with E-state index in [0.29, 0.717) is 22.8 Å². The second-order valence-corrected chi connectivity index (χ2v) is 9.87. The number of aliphatic hydroxyl groups is 1. The molecule has 5 aromatic rings. The molecule has 1 N–H and O–H groups in total. The molecule has 0 aliphatic carbocycles. The molecule has 6 rings (SSSR count). The minimum absolute atomic E-state index is 0.542. The van der Waals surface area contributed by atoms with Crippen LogP contribution in [0.4, 0.5) is 5.82 Å². The van der Waals surface area contributed by atoms with Gasteiger partial charge >= 0.3 is 0 Å². The number of allylic oxidation sites excluding steroid dienone is 2. The number of aromatic nitrogens is 3. The lowest BCUT2D eigenvalue weighted by Gasteiger charge is -2.37. The van der Waals surface area contributed by atoms with Crippen LogP contribution in [0, 0.1) is 0 Å². The zero-order chi connectivity index (χ0) is 26.7. The maximum absolute atomic E-state index is 11.4. The molecule has 0 saturated heterocycles. The minimum Gasteiger partial charge on any atom is -0.382 e. The number of imidazole rings is 1. The average Bonchev–Trinajstić information content (AvgIpc) is 3.50. The van der Waals surface area contributed by atoms with Crippen molar-refractivity contribution in [3.05, 3.63) is 173 Å². The van der Waals surface area contributed by atoms with Crippen molar-refractivity contribution in [2.75, 3.05) is 11.4 Å². The van der Waals surface area contributed by atoms with Crippen LogP contribution in [-0.2, 0) is 5.54 Å². The van der Waals surface area contributed by atoms with Crippen LogP contribution in [0.15, 0.2) is 145 Å². The normalized spacial score (nSPS) is 14.2. The number of benzene rings is 3. The molecule has 0 saturated carbocycles. The Balaban J connectivity index is 1.42. The monoisotopic (exact) mass is 530 g/mol. The summed E-state index contributed by atoms with van der Waals surface area (Å²) in [5.74, 6) is 0.759. The Kier molecular flexibility index (Phi) is 6.84. The van der Waals surface area contributed by atoms with Gasteiger partial charge in [-0.1, -0.05) is 115 Å². The molecule has 1 atom stereocenters. The number of anilines is 1. The lowest BCUT2D eigenvalue weighted by molar-refractivity contribution is 0.215. The minimum atomic E-state index is -0.937. The molecule has 3 heterocycles. The first-order valence-electron chi connectivity index (χ1n) is 12.8. The van der Waals surface area contributed by atoms with Crippen LogP contribution < -0.4 is 4.90 Å². The molecule has 192 valence electrons. The van der Waals surface area contributed by atoms with E-state index >= 15 is 0 Å². The molecule has 0 spiro atoms. The number of rotatable bonds is 7. The molecule has 1 aliphatic rings. The Labute approximate surface area is 233 Å². The summed E-state index contributed by atoms with van der Waals surface area (Å²) in [6, 6.07) is 34.9. The predicted molar refractivity (Wildman–Crippen MR) is 156 cm³/mol. The number of hydrogen-bond acceptors (Lipinski definition) is 4. The lowest BCUT2D eigenvalue weighted by atomic mass is 9.77. The van der Waals surface area contributed by atoms with Crippen molar-refractivity contribution >= 4 is 17.4 Å². The van der Waals surface area contributed by atoms with E-state index in [4.69, 9.17) is 16.6 Å². The summed E-state index contributed by atoms with van der Waals surface area (Å²) in [6.07, 6.45) is 10.2. The van der Waals surface area contributed by atoms with Gasteiger partial charge in [-0.2, -0.15) is 0 Å². The van der Waals surface area contributed by atoms with Crippen molar-refractivity contribution in [1.82, 2.24) is 14.5 Å². The SMILES string of the molecule is OC(c1ccc(N2C=C(Cl)C=CC2)nc1)c1cn(C(c2ccccc2)(c2ccccc2)c2ccccc2)cn1. The number of aliphatic hydroxyl groups excluding tert-OH is 1. The van der Waals surface area contributed by atoms with Gasteiger partial charge in [-0.3, -0.25) is 0 Å². The molecule has 1 unspecified atom stereocenters. The summed E-state index contributed by atoms with van der Waals surface area (Å²) in [5, 5.41) is 12.0. The molecule has 5 nitrogen and oxygen atoms in total. The molecule has 2 aromatic heterocycles. The molecular formula is C33H27ClN4O. The molecule has 0 fully saturated rings. The van der Waals surface area contributed by atoms with Gasteiger partial charge in [-0.05, 0) is 28.8 Å². The van der Waals surface area contributed by atoms with Crippen molar-refractivity contribution in [3.8, 4) is 0 Å². The highest BCUT2D eigenvalue weighted by Crippen LogP contribution is 2.41. The van der Waals surface area contributed by atoms with Gasteiger partial charge in [0.1, 0.15) is 17.5 Å². The molecule has 3 aromatic carbocycles. The van der Waals surface area contributed by atoms with Crippen LogP contribution >= 0.6 is 11.6 Å². The van der Waals surface area contributed by atoms with Gasteiger partial charge in [-0.25, -0.2) is 9.97 Å². The van der Waals surface area contributed by atoms with Crippen LogP contribution in [0.1, 0.15) is 34.1 Å². The van der Waals surface area contributed by atoms with Crippen LogP contribution in [0.3, 0.4) is 0 Å². The first-order chi connectivity index (χ1) is 19.2. The van der Waals surface area contributed by atoms with Gasteiger partial charge < -0.3 is 14.6 Å². The van der Waals surface area contributed by atoms with Gasteiger partial charge in [0.05, 0.1) is 17.1 Å². The van der Waals surface area contributed by atoms with E-state index in [1.165, 1.54) is 0 Å². The van der Waals surface area contributed by atoms with E-state index in [9.17, 15) is 5.11 Å². The van der Waals surface area contributed by atoms with Gasteiger partial charge in [0.15, 0.2) is 0 Å². The topological polar surface area (TPSA) is 54.2 Å². The van der Waals surface area contributed by atoms with Gasteiger partial charge in [0, 0.05) is 30.7 Å². The van der Waals surface area contributed by atoms with Crippen LogP contribution in [0.2, 0.25) is 0 Å². The summed E-state index contributed by atoms with van der Waals surface area (Å²) in [7, 11) is 0. The summed E-state index contributed by atoms with van der Waals surface area (Å²) >= 11 is 6.15. The fourth-order valence-corrected chi connectivity index (χ4v) is 5.44. The lowest BCUT2D eigenvalue weighted by Crippen LogP contribution is -2.37. The van der Waals surface area contributed by atoms with Crippen LogP contribution in [-0.4, -0.2) is 26.2 Å². The van der Waals surface area contributed by atoms with E-state index in [1.54, 1.807) is 12.5 Å². The van der Waals surface area contributed by atoms with E-state index in [-0.39, 0.29) is 0 Å². The zero-order valence-electron chi connectivity index (χ0n) is 21.2. The van der Waals surface area contributed by atoms with E-state index in [0.717, 1.165) is 22.5 Å². The Hall–Kier alpha value is -4.45. The molecule has 0 amide bonds. The maximum Gasteiger partial charge on any atom is 0.132 e. The molecule has 1 aliphatic heterocycles. The third kappa shape index (κ3) is 4.67. The Morgan fingerprint density at radius 1 is 0.769 bits per heavy atom. The summed E-state index contributed by atoms with van der Waals surface area (Å²) in [5.41, 5.74) is 3.79. The maximum atomic E-state index is 11.4. The predicted octanol–water partition coefficient (Wildman–Crippen LogP) is 6.66. The third-order valence-electron chi connectivity index (χ3n) is 7.08. The summed E-state index contributed by atoms with van der Waals surface area (Å²) in [4.78, 5) is 11.2. The summed E-state index contributed by atoms with van der Waals surface area (Å²) < 4.78 is 2.10. The quantitative estimate of drug-likeness (QED) is 0.239. The average molecular weight is 531 g/mol. The Morgan fingerprint density at radius 3 is 1.87 bits per heavy atom. The fraction of sp³-hybridized carbons (Fsp3) is 0.0909. The highest BCUT2D eigenvalue weighted by Gasteiger charge is 2.38. The van der Waals surface area contributed by atoms with Crippen molar-refractivity contribution in [3.63, 3.8) is 0 Å². The van der Waals surface area contributed by atoms with Crippen molar-refractivity contribution in [2.45, 2.75) is 11.6 Å². The molecular weight excluding hydrogens is 504 g/mol. The largest absolute Gasteiger partial charge is 0.382 e. The van der Waals surface area contributed by atoms with E-state index in [2.05, 4.69) is 82.3 Å². The summed E-state index contributed by atoms with van der Waals surface area (Å²) in [6.45, 7) is 0.691. The number of nitrogens with zero attached hydrogens (tertiary/aromatic N) is 4. The fourth-order valence-electron chi connectivity index (χ4n) is 5.23. The number of halogens is 1. The van der Waals surface area contributed by atoms with Crippen molar-refractivity contribution in [2.24, 2.45) is 0 Å². The van der Waals surface area contributed by atoms with Gasteiger partial charge in [-0.15, -0.1) is 0 Å². The van der Waals surface area contributed by atoms with Gasteiger partial charge in [0.25, 0.3) is 0 Å². The number of hydrogen-bond donors (Lipinski definition) is 1. The van der Waals surface area contributed by atoms with Crippen LogP contribution in [0.25, 0.3) is 0 Å². The number of pyridine rings is 1. The zero-order valence-corrected chi connectivity index (χ0v) is 21.9.